The molecule has 0 fully saturated rings. The summed E-state index contributed by atoms with van der Waals surface area (Å²) in [6.07, 6.45) is 0.0473. The molecule has 0 unspecified atom stereocenters. The van der Waals surface area contributed by atoms with Gasteiger partial charge in [-0.1, -0.05) is 92.7 Å². The number of carbonyl (C=O) groups is 10. The number of primary amides is 1. The number of fused-ring (bicyclic) bond motifs is 4. The Morgan fingerprint density at radius 3 is 1.26 bits per heavy atom. The van der Waals surface area contributed by atoms with Gasteiger partial charge in [0.2, 0.25) is 23.6 Å². The number of nitrogens with one attached hydrogen (secondary N) is 8. The Hall–Kier alpha value is -13.2. The molecule has 0 saturated carbocycles. The van der Waals surface area contributed by atoms with Gasteiger partial charge in [0.15, 0.2) is 11.6 Å². The summed E-state index contributed by atoms with van der Waals surface area (Å²) < 4.78 is 0. The van der Waals surface area contributed by atoms with Crippen LogP contribution in [0.4, 0.5) is 5.69 Å². The molecule has 4 heterocycles. The normalized spacial score (nSPS) is 12.9. The Labute approximate surface area is 664 Å². The van der Waals surface area contributed by atoms with Crippen molar-refractivity contribution < 1.29 is 47.9 Å². The van der Waals surface area contributed by atoms with Crippen molar-refractivity contribution in [2.24, 2.45) is 28.3 Å². The van der Waals surface area contributed by atoms with Crippen LogP contribution in [0.25, 0.3) is 89.5 Å². The lowest BCUT2D eigenvalue weighted by atomic mass is 9.97. The SMILES string of the molecule is C[C@@H](CC(=O)[C@@H](C)NC(=O)CN(CCN)C(=O)c1ccc(-c2nc3cc(-c4ccc5c(c4)N=C(c4ccc(C(=O)NCCN(C)C)cc4)C5)ccc3[nH]2)cc1)C(=O)N[C@H](C)C(=O)C[C@H](C)C(=O)N(CCNC(=O)c1ccc(-c2nc3cc(-c4ccc5[nH]c(-c6ccc(C(=O)NCCN(C)C)cc6)nc5c4)ccc3[nH]2)cc1)CC(N)=O. The first-order chi connectivity index (χ1) is 55.2. The topological polar surface area (TPSA) is 394 Å². The maximum Gasteiger partial charge on any atom is 0.254 e. The lowest BCUT2D eigenvalue weighted by Crippen LogP contribution is -2.48. The molecule has 12 N–H and O–H groups in total. The Morgan fingerprint density at radius 2 is 0.826 bits per heavy atom. The van der Waals surface area contributed by atoms with Gasteiger partial charge in [0.05, 0.1) is 69.7 Å². The Kier molecular flexibility index (Phi) is 25.8. The molecular weight excluding hydrogens is 1460 g/mol. The molecule has 8 aromatic carbocycles. The zero-order valence-electron chi connectivity index (χ0n) is 65.5. The summed E-state index contributed by atoms with van der Waals surface area (Å²) in [4.78, 5) is 169. The first-order valence-electron chi connectivity index (χ1n) is 38.2. The number of likely N-dealkylation sites (N-methyl/N-ethyl adjacent to an activating group) is 2. The van der Waals surface area contributed by atoms with Crippen LogP contribution in [-0.2, 0) is 35.2 Å². The van der Waals surface area contributed by atoms with Crippen LogP contribution in [0.1, 0.15) is 93.1 Å². The fourth-order valence-electron chi connectivity index (χ4n) is 13.5. The molecule has 0 bridgehead atoms. The fraction of sp³-hybridized carbons (Fsp3) is 0.287. The summed E-state index contributed by atoms with van der Waals surface area (Å²) in [5, 5.41) is 13.9. The third-order valence-electron chi connectivity index (χ3n) is 20.2. The number of rotatable bonds is 35. The van der Waals surface area contributed by atoms with Crippen LogP contribution in [0, 0.1) is 11.8 Å². The van der Waals surface area contributed by atoms with Gasteiger partial charge in [-0.25, -0.2) is 15.0 Å². The molecule has 11 aromatic rings. The number of ketones is 2. The molecule has 0 spiro atoms. The summed E-state index contributed by atoms with van der Waals surface area (Å²) in [6, 6.07) is 50.5. The van der Waals surface area contributed by atoms with E-state index in [0.717, 1.165) is 107 Å². The van der Waals surface area contributed by atoms with Crippen molar-refractivity contribution in [2.75, 3.05) is 93.6 Å². The summed E-state index contributed by atoms with van der Waals surface area (Å²) >= 11 is 0. The molecular formula is C87H94N18O10. The van der Waals surface area contributed by atoms with Crippen molar-refractivity contribution in [1.29, 1.82) is 0 Å². The minimum atomic E-state index is -1.08. The third kappa shape index (κ3) is 20.4. The van der Waals surface area contributed by atoms with Crippen molar-refractivity contribution >= 4 is 103 Å². The van der Waals surface area contributed by atoms with E-state index in [1.165, 1.54) is 32.6 Å². The molecule has 0 saturated heterocycles. The highest BCUT2D eigenvalue weighted by Gasteiger charge is 2.30. The van der Waals surface area contributed by atoms with E-state index >= 15 is 0 Å². The maximum absolute atomic E-state index is 13.9. The Bertz CT molecular complexity index is 5510. The van der Waals surface area contributed by atoms with E-state index < -0.39 is 84.0 Å². The van der Waals surface area contributed by atoms with Crippen LogP contribution < -0.4 is 38.1 Å². The number of Topliss-reactive ketones (excluding diaryl/α,β-unsaturated/α-hetero) is 2. The number of hydrogen-bond donors (Lipinski definition) is 10. The number of aromatic amines is 3. The molecule has 28 heteroatoms. The highest BCUT2D eigenvalue weighted by molar-refractivity contribution is 6.08. The number of aliphatic imine (C=N–C) groups is 1. The molecule has 115 heavy (non-hydrogen) atoms. The molecule has 0 aliphatic carbocycles. The zero-order chi connectivity index (χ0) is 81.7. The lowest BCUT2D eigenvalue weighted by Gasteiger charge is -2.25. The Morgan fingerprint density at radius 1 is 0.435 bits per heavy atom. The van der Waals surface area contributed by atoms with Crippen molar-refractivity contribution in [1.82, 2.24) is 76.1 Å². The number of carbonyl (C=O) groups excluding carboxylic acids is 10. The van der Waals surface area contributed by atoms with E-state index in [-0.39, 0.29) is 50.8 Å². The van der Waals surface area contributed by atoms with Crippen molar-refractivity contribution in [3.05, 3.63) is 203 Å². The van der Waals surface area contributed by atoms with Crippen LogP contribution in [-0.4, -0.2) is 220 Å². The number of H-pyrrole nitrogens is 3. The minimum Gasteiger partial charge on any atom is -0.368 e. The van der Waals surface area contributed by atoms with E-state index in [1.807, 2.05) is 129 Å². The van der Waals surface area contributed by atoms with Gasteiger partial charge in [-0.2, -0.15) is 0 Å². The maximum atomic E-state index is 13.9. The third-order valence-corrected chi connectivity index (χ3v) is 20.2. The number of hydrogen-bond acceptors (Lipinski definition) is 17. The van der Waals surface area contributed by atoms with Crippen LogP contribution in [0.15, 0.2) is 175 Å². The van der Waals surface area contributed by atoms with Gasteiger partial charge < -0.3 is 72.6 Å². The summed E-state index contributed by atoms with van der Waals surface area (Å²) in [5.41, 5.74) is 27.9. The first kappa shape index (κ1) is 81.3. The predicted octanol–water partition coefficient (Wildman–Crippen LogP) is 8.26. The monoisotopic (exact) mass is 1550 g/mol. The number of aromatic nitrogens is 6. The average Bonchev–Trinajstić information content (AvgIpc) is 1.65. The molecule has 8 amide bonds. The van der Waals surface area contributed by atoms with E-state index in [9.17, 15) is 47.9 Å². The van der Waals surface area contributed by atoms with Crippen molar-refractivity contribution in [2.45, 2.75) is 59.0 Å². The van der Waals surface area contributed by atoms with Gasteiger partial charge in [0.25, 0.3) is 23.6 Å². The first-order valence-corrected chi connectivity index (χ1v) is 38.2. The predicted molar refractivity (Wildman–Crippen MR) is 443 cm³/mol. The van der Waals surface area contributed by atoms with Gasteiger partial charge in [-0.05, 0) is 166 Å². The highest BCUT2D eigenvalue weighted by Crippen LogP contribution is 2.36. The summed E-state index contributed by atoms with van der Waals surface area (Å²) in [7, 11) is 7.83. The molecule has 0 radical (unpaired) electrons. The fourth-order valence-corrected chi connectivity index (χ4v) is 13.5. The smallest absolute Gasteiger partial charge is 0.254 e. The van der Waals surface area contributed by atoms with Crippen molar-refractivity contribution in [3.63, 3.8) is 0 Å². The van der Waals surface area contributed by atoms with Gasteiger partial charge in [-0.3, -0.25) is 52.9 Å². The second-order valence-electron chi connectivity index (χ2n) is 29.6. The highest BCUT2D eigenvalue weighted by atomic mass is 16.2. The second-order valence-corrected chi connectivity index (χ2v) is 29.6. The number of amides is 8. The molecule has 1 aliphatic heterocycles. The summed E-state index contributed by atoms with van der Waals surface area (Å²) in [6.45, 7) is 7.54. The largest absolute Gasteiger partial charge is 0.368 e. The number of benzene rings is 8. The standard InChI is InChI=1S/C87H94N18O10/c1-50(41-75(106)52(3)93-78(109)49-104(37-33-88)87(115)61-23-15-57(16-24-61)81-98-67-30-27-63(44-72(67)101-81)62-25-26-66-47-70(95-71(66)43-62)54-9-17-58(18-10-54)83(111)90-34-38-102(5)6)82(110)94-53(4)76(107)42-51(2)86(114)105(48-77(89)108)40-36-92-85(113)60-21-13-56(14-22-60)80-97-69-32-29-65(46-74(69)100-80)64-28-31-68-73(45-64)99-79(96-68)55-11-19-59(20-12-55)84(112)91-35-39-103(7)8/h9-32,43-46,50-53H,33-42,47-49,88H2,1-8H3,(H2,89,108)(H,90,111)(H,91,112)(H,92,113)(H,93,109)(H,94,110)(H,96,99)(H,97,100)(H,98,101)/t50-,51-,52+,53+/m0/s1. The van der Waals surface area contributed by atoms with Crippen LogP contribution in [0.2, 0.25) is 0 Å². The Balaban J connectivity index is 0.563. The lowest BCUT2D eigenvalue weighted by molar-refractivity contribution is -0.140. The second kappa shape index (κ2) is 36.5. The van der Waals surface area contributed by atoms with Crippen LogP contribution in [0.5, 0.6) is 0 Å². The molecule has 592 valence electrons. The number of nitrogens with two attached hydrogens (primary N) is 2. The molecule has 4 atom stereocenters. The van der Waals surface area contributed by atoms with Crippen LogP contribution in [0.3, 0.4) is 0 Å². The van der Waals surface area contributed by atoms with Gasteiger partial charge >= 0.3 is 0 Å². The van der Waals surface area contributed by atoms with Gasteiger partial charge in [-0.15, -0.1) is 0 Å². The van der Waals surface area contributed by atoms with E-state index in [4.69, 9.17) is 31.4 Å². The van der Waals surface area contributed by atoms with Crippen LogP contribution >= 0.6 is 0 Å². The molecule has 12 rings (SSSR count). The number of nitrogens with zero attached hydrogens (tertiary/aromatic N) is 8. The summed E-state index contributed by atoms with van der Waals surface area (Å²) in [5.74, 6) is -4.82. The minimum absolute atomic E-state index is 0.0340. The zero-order valence-corrected chi connectivity index (χ0v) is 65.5. The van der Waals surface area contributed by atoms with Crippen molar-refractivity contribution in [3.8, 4) is 56.4 Å². The average molecular weight is 1550 g/mol. The molecule has 3 aromatic heterocycles. The van der Waals surface area contributed by atoms with Gasteiger partial charge in [0.1, 0.15) is 17.5 Å². The quantitative estimate of drug-likeness (QED) is 0.0179. The van der Waals surface area contributed by atoms with Gasteiger partial charge in [0, 0.05) is 122 Å². The molecule has 1 aliphatic rings. The molecule has 28 nitrogen and oxygen atoms in total. The van der Waals surface area contributed by atoms with E-state index in [1.54, 1.807) is 60.7 Å². The van der Waals surface area contributed by atoms with E-state index in [0.29, 0.717) is 64.8 Å². The van der Waals surface area contributed by atoms with E-state index in [2.05, 4.69) is 59.7 Å². The number of imidazole rings is 3.